The summed E-state index contributed by atoms with van der Waals surface area (Å²) in [6, 6.07) is 0. The van der Waals surface area contributed by atoms with Gasteiger partial charge in [-0.3, -0.25) is 4.79 Å². The maximum absolute atomic E-state index is 12.8. The van der Waals surface area contributed by atoms with Gasteiger partial charge in [0.1, 0.15) is 6.61 Å². The van der Waals surface area contributed by atoms with E-state index >= 15 is 0 Å². The maximum Gasteiger partial charge on any atom is 0.331 e. The highest BCUT2D eigenvalue weighted by Crippen LogP contribution is 2.59. The molecule has 0 spiro atoms. The Hall–Kier alpha value is -1.84. The van der Waals surface area contributed by atoms with Crippen molar-refractivity contribution in [2.75, 3.05) is 6.61 Å². The number of carbonyl (C=O) groups excluding carboxylic acids is 2. The number of carbonyl (C=O) groups is 2. The van der Waals surface area contributed by atoms with Crippen molar-refractivity contribution in [1.29, 1.82) is 0 Å². The lowest BCUT2D eigenvalue weighted by molar-refractivity contribution is -0.139. The fourth-order valence-corrected chi connectivity index (χ4v) is 5.14. The van der Waals surface area contributed by atoms with Crippen LogP contribution in [0.5, 0.6) is 0 Å². The summed E-state index contributed by atoms with van der Waals surface area (Å²) in [7, 11) is 0. The molecule has 3 atom stereocenters. The molecule has 4 nitrogen and oxygen atoms in total. The molecule has 3 aliphatic rings. The summed E-state index contributed by atoms with van der Waals surface area (Å²) in [5.74, 6) is -0.701. The second-order valence-electron chi connectivity index (χ2n) is 8.34. The Kier molecular flexibility index (Phi) is 3.97. The fourth-order valence-electron chi connectivity index (χ4n) is 5.14. The van der Waals surface area contributed by atoms with Crippen molar-refractivity contribution >= 4 is 11.8 Å². The van der Waals surface area contributed by atoms with E-state index in [1.165, 1.54) is 6.08 Å². The molecule has 0 aromatic rings. The number of ketones is 1. The van der Waals surface area contributed by atoms with Gasteiger partial charge in [-0.25, -0.2) is 4.79 Å². The number of aliphatic hydroxyl groups excluding tert-OH is 1. The summed E-state index contributed by atoms with van der Waals surface area (Å²) in [5, 5.41) is 10.4. The molecule has 1 heterocycles. The number of allylic oxidation sites excluding steroid dienone is 3. The molecule has 24 heavy (non-hydrogen) atoms. The summed E-state index contributed by atoms with van der Waals surface area (Å²) in [6.07, 6.45) is 8.48. The predicted molar refractivity (Wildman–Crippen MR) is 91.2 cm³/mol. The van der Waals surface area contributed by atoms with Crippen LogP contribution in [0.25, 0.3) is 0 Å². The van der Waals surface area contributed by atoms with Gasteiger partial charge in [0.2, 0.25) is 5.78 Å². The molecule has 0 aromatic carbocycles. The maximum atomic E-state index is 12.8. The molecule has 1 N–H and O–H groups in total. The summed E-state index contributed by atoms with van der Waals surface area (Å²) in [4.78, 5) is 24.0. The number of ether oxygens (including phenoxy) is 1. The van der Waals surface area contributed by atoms with Crippen molar-refractivity contribution in [3.63, 3.8) is 0 Å². The second-order valence-corrected chi connectivity index (χ2v) is 8.34. The number of hydrogen-bond donors (Lipinski definition) is 1. The predicted octanol–water partition coefficient (Wildman–Crippen LogP) is 3.89. The molecule has 0 saturated heterocycles. The zero-order valence-electron chi connectivity index (χ0n) is 14.9. The van der Waals surface area contributed by atoms with Crippen LogP contribution in [0, 0.1) is 22.7 Å². The van der Waals surface area contributed by atoms with Crippen molar-refractivity contribution in [2.24, 2.45) is 22.7 Å². The fraction of sp³-hybridized carbons (Fsp3) is 0.600. The van der Waals surface area contributed by atoms with Gasteiger partial charge in [0.05, 0.1) is 0 Å². The smallest absolute Gasteiger partial charge is 0.331 e. The summed E-state index contributed by atoms with van der Waals surface area (Å²) in [5.41, 5.74) is 1.23. The average Bonchev–Trinajstić information content (AvgIpc) is 2.89. The Bertz CT molecular complexity index is 680. The van der Waals surface area contributed by atoms with E-state index in [2.05, 4.69) is 20.8 Å². The quantitative estimate of drug-likeness (QED) is 0.780. The van der Waals surface area contributed by atoms with Crippen LogP contribution in [0.3, 0.4) is 0 Å². The number of Topliss-reactive ketones (excluding diaryl/α,β-unsaturated/α-hetero) is 1. The number of fused-ring (bicyclic) bond motifs is 1. The highest BCUT2D eigenvalue weighted by atomic mass is 16.5. The minimum absolute atomic E-state index is 0.0172. The zero-order valence-corrected chi connectivity index (χ0v) is 14.9. The lowest BCUT2D eigenvalue weighted by atomic mass is 9.48. The lowest BCUT2D eigenvalue weighted by Gasteiger charge is -2.55. The third kappa shape index (κ3) is 2.52. The van der Waals surface area contributed by atoms with E-state index < -0.39 is 0 Å². The van der Waals surface area contributed by atoms with E-state index in [0.29, 0.717) is 6.61 Å². The van der Waals surface area contributed by atoms with Crippen LogP contribution in [0.4, 0.5) is 0 Å². The van der Waals surface area contributed by atoms with Crippen LogP contribution in [0.2, 0.25) is 0 Å². The van der Waals surface area contributed by atoms with Crippen molar-refractivity contribution in [3.8, 4) is 0 Å². The molecule has 0 aromatic heterocycles. The molecular weight excluding hydrogens is 304 g/mol. The first-order valence-electron chi connectivity index (χ1n) is 8.66. The van der Waals surface area contributed by atoms with Crippen LogP contribution in [-0.4, -0.2) is 23.5 Å². The first-order chi connectivity index (χ1) is 11.2. The summed E-state index contributed by atoms with van der Waals surface area (Å²) < 4.78 is 4.94. The standard InChI is InChI=1S/C20H26O4/c1-12-14(7-6-13-10-15(21)24-11-13)20(4)9-5-8-19(2,3)18(20)17(23)16(12)22/h6-7,10,14,18,22H,5,8-9,11H2,1-4H3/b7-6+/t14-,18-,20?/m0/s1. The van der Waals surface area contributed by atoms with Gasteiger partial charge in [-0.05, 0) is 41.7 Å². The van der Waals surface area contributed by atoms with E-state index in [9.17, 15) is 14.7 Å². The molecule has 2 aliphatic carbocycles. The van der Waals surface area contributed by atoms with Crippen LogP contribution in [0.1, 0.15) is 47.0 Å². The van der Waals surface area contributed by atoms with Crippen LogP contribution >= 0.6 is 0 Å². The Morgan fingerprint density at radius 2 is 1.96 bits per heavy atom. The number of aliphatic hydroxyl groups is 1. The second kappa shape index (κ2) is 5.61. The van der Waals surface area contributed by atoms with Crippen molar-refractivity contribution in [3.05, 3.63) is 35.1 Å². The molecular formula is C20H26O4. The van der Waals surface area contributed by atoms with Gasteiger partial charge in [-0.2, -0.15) is 0 Å². The van der Waals surface area contributed by atoms with Gasteiger partial charge in [0.15, 0.2) is 5.76 Å². The molecule has 1 fully saturated rings. The molecule has 4 heteroatoms. The van der Waals surface area contributed by atoms with E-state index in [1.54, 1.807) is 0 Å². The van der Waals surface area contributed by atoms with Gasteiger partial charge in [0, 0.05) is 17.9 Å². The van der Waals surface area contributed by atoms with Gasteiger partial charge in [0.25, 0.3) is 0 Å². The summed E-state index contributed by atoms with van der Waals surface area (Å²) >= 11 is 0. The first-order valence-corrected chi connectivity index (χ1v) is 8.66. The van der Waals surface area contributed by atoms with Crippen molar-refractivity contribution < 1.29 is 19.4 Å². The lowest BCUT2D eigenvalue weighted by Crippen LogP contribution is -2.53. The minimum Gasteiger partial charge on any atom is -0.504 e. The van der Waals surface area contributed by atoms with Crippen molar-refractivity contribution in [1.82, 2.24) is 0 Å². The Labute approximate surface area is 143 Å². The minimum atomic E-state index is -0.313. The third-order valence-electron chi connectivity index (χ3n) is 6.21. The van der Waals surface area contributed by atoms with Gasteiger partial charge in [-0.15, -0.1) is 0 Å². The molecule has 1 unspecified atom stereocenters. The Morgan fingerprint density at radius 1 is 1.25 bits per heavy atom. The van der Waals surface area contributed by atoms with E-state index in [1.807, 2.05) is 19.1 Å². The molecule has 1 saturated carbocycles. The van der Waals surface area contributed by atoms with Crippen LogP contribution in [0.15, 0.2) is 35.1 Å². The molecule has 0 amide bonds. The molecule has 0 radical (unpaired) electrons. The van der Waals surface area contributed by atoms with Crippen molar-refractivity contribution in [2.45, 2.75) is 47.0 Å². The highest BCUT2D eigenvalue weighted by Gasteiger charge is 2.57. The van der Waals surface area contributed by atoms with Gasteiger partial charge >= 0.3 is 5.97 Å². The summed E-state index contributed by atoms with van der Waals surface area (Å²) in [6.45, 7) is 8.57. The topological polar surface area (TPSA) is 63.6 Å². The number of esters is 1. The van der Waals surface area contributed by atoms with Crippen LogP contribution < -0.4 is 0 Å². The molecule has 1 aliphatic heterocycles. The van der Waals surface area contributed by atoms with Gasteiger partial charge < -0.3 is 9.84 Å². The Morgan fingerprint density at radius 3 is 2.58 bits per heavy atom. The molecule has 0 bridgehead atoms. The largest absolute Gasteiger partial charge is 0.504 e. The van der Waals surface area contributed by atoms with E-state index in [4.69, 9.17) is 4.74 Å². The van der Waals surface area contributed by atoms with E-state index in [0.717, 1.165) is 30.4 Å². The van der Waals surface area contributed by atoms with Crippen LogP contribution in [-0.2, 0) is 14.3 Å². The monoisotopic (exact) mass is 330 g/mol. The number of hydrogen-bond acceptors (Lipinski definition) is 4. The van der Waals surface area contributed by atoms with Gasteiger partial charge in [-0.1, -0.05) is 39.3 Å². The average molecular weight is 330 g/mol. The number of cyclic esters (lactones) is 1. The first kappa shape index (κ1) is 17.0. The SMILES string of the molecule is CC1=C(O)C(=O)[C@H]2C(C)(C)CCCC2(C)[C@H]1/C=C/C1=CC(=O)OC1. The Balaban J connectivity index is 2.03. The third-order valence-corrected chi connectivity index (χ3v) is 6.21. The molecule has 130 valence electrons. The number of rotatable bonds is 2. The normalized spacial score (nSPS) is 35.9. The molecule has 3 rings (SSSR count). The highest BCUT2D eigenvalue weighted by molar-refractivity contribution is 5.98. The zero-order chi connectivity index (χ0) is 17.7. The van der Waals surface area contributed by atoms with E-state index in [-0.39, 0.29) is 40.2 Å².